The van der Waals surface area contributed by atoms with Crippen molar-refractivity contribution in [3.63, 3.8) is 0 Å². The molecule has 0 unspecified atom stereocenters. The van der Waals surface area contributed by atoms with E-state index in [4.69, 9.17) is 4.42 Å². The number of hydrogen-bond acceptors (Lipinski definition) is 3. The number of hydrogen-bond donors (Lipinski definition) is 1. The molecule has 16 heavy (non-hydrogen) atoms. The lowest BCUT2D eigenvalue weighted by Crippen LogP contribution is -2.21. The highest BCUT2D eigenvalue weighted by atomic mass is 19.4. The van der Waals surface area contributed by atoms with E-state index in [-0.39, 0.29) is 0 Å². The van der Waals surface area contributed by atoms with Crippen LogP contribution in [0.2, 0.25) is 0 Å². The van der Waals surface area contributed by atoms with Crippen molar-refractivity contribution in [2.45, 2.75) is 13.1 Å². The molecule has 0 aliphatic heterocycles. The monoisotopic (exact) mass is 230 g/mol. The number of anilines is 1. The van der Waals surface area contributed by atoms with Gasteiger partial charge < -0.3 is 9.73 Å². The first-order valence-electron chi connectivity index (χ1n) is 4.62. The third-order valence-electron chi connectivity index (χ3n) is 1.99. The van der Waals surface area contributed by atoms with Crippen LogP contribution in [0, 0.1) is 6.92 Å². The number of oxazole rings is 1. The molecule has 0 saturated carbocycles. The van der Waals surface area contributed by atoms with Gasteiger partial charge in [0, 0.05) is 18.7 Å². The number of halogens is 3. The number of aryl methyl sites for hydroxylation is 1. The molecule has 0 saturated heterocycles. The molecular formula is C10H9F3N2O. The Morgan fingerprint density at radius 3 is 2.81 bits per heavy atom. The fourth-order valence-electron chi connectivity index (χ4n) is 1.35. The van der Waals surface area contributed by atoms with E-state index in [2.05, 4.69) is 10.3 Å². The van der Waals surface area contributed by atoms with Gasteiger partial charge in [0.1, 0.15) is 12.1 Å². The summed E-state index contributed by atoms with van der Waals surface area (Å²) in [6.45, 7) is 0.619. The van der Waals surface area contributed by atoms with Crippen LogP contribution in [0.4, 0.5) is 18.9 Å². The molecule has 0 bridgehead atoms. The van der Waals surface area contributed by atoms with Crippen LogP contribution < -0.4 is 5.32 Å². The van der Waals surface area contributed by atoms with Gasteiger partial charge >= 0.3 is 6.18 Å². The maximum Gasteiger partial charge on any atom is 0.405 e. The van der Waals surface area contributed by atoms with Crippen molar-refractivity contribution < 1.29 is 17.6 Å². The van der Waals surface area contributed by atoms with E-state index in [0.29, 0.717) is 22.7 Å². The fraction of sp³-hybridized carbons (Fsp3) is 0.300. The van der Waals surface area contributed by atoms with Gasteiger partial charge in [0.05, 0.1) is 0 Å². The summed E-state index contributed by atoms with van der Waals surface area (Å²) in [5.41, 5.74) is 1.47. The Balaban J connectivity index is 2.19. The van der Waals surface area contributed by atoms with Crippen molar-refractivity contribution in [2.24, 2.45) is 0 Å². The van der Waals surface area contributed by atoms with Crippen molar-refractivity contribution in [2.75, 3.05) is 11.9 Å². The highest BCUT2D eigenvalue weighted by molar-refractivity contribution is 5.77. The topological polar surface area (TPSA) is 38.1 Å². The SMILES string of the molecule is Cc1nc2ccc(NCC(F)(F)F)cc2o1. The molecule has 0 amide bonds. The second-order valence-corrected chi connectivity index (χ2v) is 3.38. The number of alkyl halides is 3. The third-order valence-corrected chi connectivity index (χ3v) is 1.99. The van der Waals surface area contributed by atoms with E-state index in [0.717, 1.165) is 0 Å². The van der Waals surface area contributed by atoms with Gasteiger partial charge in [-0.3, -0.25) is 0 Å². The Bertz CT molecular complexity index is 504. The summed E-state index contributed by atoms with van der Waals surface area (Å²) in [6.07, 6.45) is -4.23. The number of aromatic nitrogens is 1. The first-order chi connectivity index (χ1) is 7.44. The van der Waals surface area contributed by atoms with Crippen LogP contribution in [0.15, 0.2) is 22.6 Å². The average molecular weight is 230 g/mol. The first-order valence-corrected chi connectivity index (χ1v) is 4.62. The maximum absolute atomic E-state index is 12.0. The summed E-state index contributed by atoms with van der Waals surface area (Å²) in [6, 6.07) is 4.65. The van der Waals surface area contributed by atoms with Crippen molar-refractivity contribution in [3.8, 4) is 0 Å². The van der Waals surface area contributed by atoms with Crippen molar-refractivity contribution in [1.82, 2.24) is 4.98 Å². The largest absolute Gasteiger partial charge is 0.441 e. The number of fused-ring (bicyclic) bond motifs is 1. The second kappa shape index (κ2) is 3.70. The van der Waals surface area contributed by atoms with Crippen LogP contribution in [-0.4, -0.2) is 17.7 Å². The lowest BCUT2D eigenvalue weighted by Gasteiger charge is -2.08. The second-order valence-electron chi connectivity index (χ2n) is 3.38. The molecule has 1 N–H and O–H groups in total. The van der Waals surface area contributed by atoms with Gasteiger partial charge in [-0.2, -0.15) is 13.2 Å². The van der Waals surface area contributed by atoms with Gasteiger partial charge in [0.25, 0.3) is 0 Å². The Hall–Kier alpha value is -1.72. The van der Waals surface area contributed by atoms with Crippen LogP contribution in [0.3, 0.4) is 0 Å². The minimum atomic E-state index is -4.23. The van der Waals surface area contributed by atoms with Crippen molar-refractivity contribution in [1.29, 1.82) is 0 Å². The van der Waals surface area contributed by atoms with Gasteiger partial charge in [0.2, 0.25) is 0 Å². The van der Waals surface area contributed by atoms with Crippen LogP contribution in [0.5, 0.6) is 0 Å². The molecule has 2 rings (SSSR count). The quantitative estimate of drug-likeness (QED) is 0.861. The minimum absolute atomic E-state index is 0.362. The van der Waals surface area contributed by atoms with E-state index in [9.17, 15) is 13.2 Å². The number of nitrogens with zero attached hydrogens (tertiary/aromatic N) is 1. The predicted molar refractivity (Wildman–Crippen MR) is 53.3 cm³/mol. The highest BCUT2D eigenvalue weighted by Gasteiger charge is 2.26. The maximum atomic E-state index is 12.0. The fourth-order valence-corrected chi connectivity index (χ4v) is 1.35. The summed E-state index contributed by atoms with van der Waals surface area (Å²) in [7, 11) is 0. The van der Waals surface area contributed by atoms with E-state index < -0.39 is 12.7 Å². The van der Waals surface area contributed by atoms with E-state index >= 15 is 0 Å². The zero-order chi connectivity index (χ0) is 11.8. The lowest BCUT2D eigenvalue weighted by molar-refractivity contribution is -0.115. The molecule has 0 aliphatic rings. The number of benzene rings is 1. The van der Waals surface area contributed by atoms with Crippen molar-refractivity contribution in [3.05, 3.63) is 24.1 Å². The third kappa shape index (κ3) is 2.44. The highest BCUT2D eigenvalue weighted by Crippen LogP contribution is 2.21. The van der Waals surface area contributed by atoms with Crippen LogP contribution in [-0.2, 0) is 0 Å². The molecule has 0 spiro atoms. The Morgan fingerprint density at radius 1 is 1.38 bits per heavy atom. The average Bonchev–Trinajstić information content (AvgIpc) is 2.52. The molecule has 0 aliphatic carbocycles. The van der Waals surface area contributed by atoms with E-state index in [1.807, 2.05) is 0 Å². The number of nitrogens with one attached hydrogen (secondary N) is 1. The van der Waals surface area contributed by atoms with Gasteiger partial charge in [-0.05, 0) is 12.1 Å². The van der Waals surface area contributed by atoms with Gasteiger partial charge in [0.15, 0.2) is 11.5 Å². The molecule has 0 radical (unpaired) electrons. The summed E-state index contributed by atoms with van der Waals surface area (Å²) in [5.74, 6) is 0.489. The predicted octanol–water partition coefficient (Wildman–Crippen LogP) is 3.11. The lowest BCUT2D eigenvalue weighted by atomic mass is 10.3. The van der Waals surface area contributed by atoms with Gasteiger partial charge in [-0.1, -0.05) is 0 Å². The molecule has 86 valence electrons. The van der Waals surface area contributed by atoms with Crippen LogP contribution in [0.1, 0.15) is 5.89 Å². The molecular weight excluding hydrogens is 221 g/mol. The van der Waals surface area contributed by atoms with E-state index in [1.165, 1.54) is 12.1 Å². The summed E-state index contributed by atoms with van der Waals surface area (Å²) >= 11 is 0. The number of rotatable bonds is 2. The zero-order valence-electron chi connectivity index (χ0n) is 8.43. The Kier molecular flexibility index (Phi) is 2.49. The summed E-state index contributed by atoms with van der Waals surface area (Å²) in [4.78, 5) is 4.05. The van der Waals surface area contributed by atoms with Crippen LogP contribution >= 0.6 is 0 Å². The first kappa shape index (κ1) is 10.8. The van der Waals surface area contributed by atoms with E-state index in [1.54, 1.807) is 13.0 Å². The smallest absolute Gasteiger partial charge is 0.405 e. The normalized spacial score (nSPS) is 12.0. The molecule has 0 atom stereocenters. The Morgan fingerprint density at radius 2 is 2.12 bits per heavy atom. The van der Waals surface area contributed by atoms with Crippen LogP contribution in [0.25, 0.3) is 11.1 Å². The summed E-state index contributed by atoms with van der Waals surface area (Å²) < 4.78 is 41.1. The van der Waals surface area contributed by atoms with Crippen molar-refractivity contribution >= 4 is 16.8 Å². The summed E-state index contributed by atoms with van der Waals surface area (Å²) in [5, 5.41) is 2.27. The molecule has 3 nitrogen and oxygen atoms in total. The zero-order valence-corrected chi connectivity index (χ0v) is 8.43. The molecule has 1 aromatic carbocycles. The molecule has 0 fully saturated rings. The van der Waals surface area contributed by atoms with Gasteiger partial charge in [-0.15, -0.1) is 0 Å². The van der Waals surface area contributed by atoms with Gasteiger partial charge in [-0.25, -0.2) is 4.98 Å². The minimum Gasteiger partial charge on any atom is -0.441 e. The standard InChI is InChI=1S/C10H9F3N2O/c1-6-15-8-3-2-7(4-9(8)16-6)14-5-10(11,12)13/h2-4,14H,5H2,1H3. The molecule has 2 aromatic rings. The molecule has 6 heteroatoms. The Labute approximate surface area is 89.3 Å². The molecule has 1 heterocycles. The molecule has 1 aromatic heterocycles.